The Morgan fingerprint density at radius 3 is 2.29 bits per heavy atom. The van der Waals surface area contributed by atoms with Crippen molar-refractivity contribution in [2.45, 2.75) is 71.1 Å². The number of hydrogen-bond donors (Lipinski definition) is 1. The zero-order chi connectivity index (χ0) is 15.7. The minimum atomic E-state index is -0.0840. The summed E-state index contributed by atoms with van der Waals surface area (Å²) in [5.41, 5.74) is 1.29. The lowest BCUT2D eigenvalue weighted by Gasteiger charge is -2.37. The summed E-state index contributed by atoms with van der Waals surface area (Å²) >= 11 is 0. The van der Waals surface area contributed by atoms with Gasteiger partial charge in [0.15, 0.2) is 0 Å². The molecule has 2 rings (SSSR count). The molecule has 0 aromatic heterocycles. The van der Waals surface area contributed by atoms with Crippen molar-refractivity contribution < 1.29 is 4.74 Å². The number of ether oxygens (including phenoxy) is 1. The maximum atomic E-state index is 6.32. The van der Waals surface area contributed by atoms with Gasteiger partial charge >= 0.3 is 0 Å². The SMILES string of the molecule is CCNC(C(C)c1ccccc1)C1CC(C)(C)OC1(C)C. The lowest BCUT2D eigenvalue weighted by Crippen LogP contribution is -2.47. The van der Waals surface area contributed by atoms with Crippen LogP contribution < -0.4 is 5.32 Å². The van der Waals surface area contributed by atoms with Crippen molar-refractivity contribution in [1.82, 2.24) is 5.32 Å². The zero-order valence-corrected chi connectivity index (χ0v) is 14.4. The molecule has 1 aliphatic heterocycles. The molecule has 0 saturated carbocycles. The quantitative estimate of drug-likeness (QED) is 0.869. The maximum Gasteiger partial charge on any atom is 0.0677 e. The van der Waals surface area contributed by atoms with E-state index in [1.165, 1.54) is 5.56 Å². The van der Waals surface area contributed by atoms with Gasteiger partial charge in [0.25, 0.3) is 0 Å². The van der Waals surface area contributed by atoms with Crippen LogP contribution in [0.4, 0.5) is 0 Å². The molecule has 2 nitrogen and oxygen atoms in total. The van der Waals surface area contributed by atoms with Crippen molar-refractivity contribution in [3.63, 3.8) is 0 Å². The van der Waals surface area contributed by atoms with Gasteiger partial charge in [0.1, 0.15) is 0 Å². The molecular weight excluding hydrogens is 258 g/mol. The van der Waals surface area contributed by atoms with Crippen LogP contribution in [0.2, 0.25) is 0 Å². The van der Waals surface area contributed by atoms with E-state index >= 15 is 0 Å². The van der Waals surface area contributed by atoms with Crippen LogP contribution in [0.25, 0.3) is 0 Å². The standard InChI is InChI=1S/C19H31NO/c1-7-20-17(14(2)15-11-9-8-10-12-15)16-13-18(3,4)21-19(16,5)6/h8-12,14,16-17,20H,7,13H2,1-6H3. The molecule has 1 aromatic carbocycles. The zero-order valence-electron chi connectivity index (χ0n) is 14.4. The third-order valence-corrected chi connectivity index (χ3v) is 4.88. The summed E-state index contributed by atoms with van der Waals surface area (Å²) in [5.74, 6) is 0.996. The van der Waals surface area contributed by atoms with Crippen molar-refractivity contribution >= 4 is 0 Å². The fourth-order valence-corrected chi connectivity index (χ4v) is 4.03. The average Bonchev–Trinajstić information content (AvgIpc) is 2.64. The third-order valence-electron chi connectivity index (χ3n) is 4.88. The summed E-state index contributed by atoms with van der Waals surface area (Å²) in [6, 6.07) is 11.3. The molecule has 0 aliphatic carbocycles. The Morgan fingerprint density at radius 1 is 1.19 bits per heavy atom. The molecule has 1 saturated heterocycles. The highest BCUT2D eigenvalue weighted by molar-refractivity contribution is 5.22. The number of hydrogen-bond acceptors (Lipinski definition) is 2. The highest BCUT2D eigenvalue weighted by Crippen LogP contribution is 2.46. The second-order valence-corrected chi connectivity index (χ2v) is 7.56. The van der Waals surface area contributed by atoms with E-state index in [0.29, 0.717) is 17.9 Å². The van der Waals surface area contributed by atoms with Crippen LogP contribution in [-0.2, 0) is 4.74 Å². The molecule has 0 bridgehead atoms. The molecule has 21 heavy (non-hydrogen) atoms. The lowest BCUT2D eigenvalue weighted by molar-refractivity contribution is -0.0783. The third kappa shape index (κ3) is 3.67. The lowest BCUT2D eigenvalue weighted by atomic mass is 9.75. The smallest absolute Gasteiger partial charge is 0.0677 e. The van der Waals surface area contributed by atoms with Gasteiger partial charge in [-0.25, -0.2) is 0 Å². The van der Waals surface area contributed by atoms with Crippen LogP contribution in [-0.4, -0.2) is 23.8 Å². The van der Waals surface area contributed by atoms with E-state index in [9.17, 15) is 0 Å². The highest BCUT2D eigenvalue weighted by Gasteiger charge is 2.49. The largest absolute Gasteiger partial charge is 0.369 e. The van der Waals surface area contributed by atoms with Crippen molar-refractivity contribution in [2.75, 3.05) is 6.54 Å². The van der Waals surface area contributed by atoms with Gasteiger partial charge in [0.2, 0.25) is 0 Å². The molecule has 0 spiro atoms. The van der Waals surface area contributed by atoms with Crippen LogP contribution in [0.15, 0.2) is 30.3 Å². The second kappa shape index (κ2) is 6.10. The number of benzene rings is 1. The Morgan fingerprint density at radius 2 is 1.81 bits per heavy atom. The average molecular weight is 289 g/mol. The van der Waals surface area contributed by atoms with E-state index in [2.05, 4.69) is 77.2 Å². The van der Waals surface area contributed by atoms with E-state index in [1.807, 2.05) is 0 Å². The molecule has 1 heterocycles. The second-order valence-electron chi connectivity index (χ2n) is 7.56. The van der Waals surface area contributed by atoms with Crippen LogP contribution in [0.1, 0.15) is 59.4 Å². The Bertz CT molecular complexity index is 452. The molecule has 2 heteroatoms. The number of likely N-dealkylation sites (N-methyl/N-ethyl adjacent to an activating group) is 1. The fourth-order valence-electron chi connectivity index (χ4n) is 4.03. The van der Waals surface area contributed by atoms with Crippen LogP contribution in [0, 0.1) is 5.92 Å². The summed E-state index contributed by atoms with van der Waals surface area (Å²) in [5, 5.41) is 3.74. The Balaban J connectivity index is 2.27. The summed E-state index contributed by atoms with van der Waals surface area (Å²) < 4.78 is 6.32. The first-order chi connectivity index (χ1) is 9.77. The van der Waals surface area contributed by atoms with Gasteiger partial charge < -0.3 is 10.1 Å². The molecule has 1 fully saturated rings. The van der Waals surface area contributed by atoms with E-state index in [0.717, 1.165) is 13.0 Å². The Hall–Kier alpha value is -0.860. The first-order valence-electron chi connectivity index (χ1n) is 8.25. The van der Waals surface area contributed by atoms with E-state index in [-0.39, 0.29) is 11.2 Å². The predicted octanol–water partition coefficient (Wildman–Crippen LogP) is 4.36. The normalized spacial score (nSPS) is 26.5. The number of nitrogens with one attached hydrogen (secondary N) is 1. The van der Waals surface area contributed by atoms with E-state index < -0.39 is 0 Å². The number of rotatable bonds is 5. The summed E-state index contributed by atoms with van der Waals surface area (Å²) in [6.07, 6.45) is 1.11. The minimum absolute atomic E-state index is 0.0295. The first-order valence-corrected chi connectivity index (χ1v) is 8.25. The van der Waals surface area contributed by atoms with Crippen LogP contribution >= 0.6 is 0 Å². The van der Waals surface area contributed by atoms with Gasteiger partial charge in [-0.1, -0.05) is 44.2 Å². The maximum absolute atomic E-state index is 6.32. The monoisotopic (exact) mass is 289 g/mol. The van der Waals surface area contributed by atoms with Gasteiger partial charge in [-0.2, -0.15) is 0 Å². The fraction of sp³-hybridized carbons (Fsp3) is 0.684. The first kappa shape index (κ1) is 16.5. The van der Waals surface area contributed by atoms with E-state index in [4.69, 9.17) is 4.74 Å². The minimum Gasteiger partial charge on any atom is -0.369 e. The van der Waals surface area contributed by atoms with Crippen molar-refractivity contribution in [3.05, 3.63) is 35.9 Å². The molecular formula is C19H31NO. The Labute approximate surface area is 130 Å². The van der Waals surface area contributed by atoms with Gasteiger partial charge in [0.05, 0.1) is 11.2 Å². The van der Waals surface area contributed by atoms with Gasteiger partial charge in [0, 0.05) is 12.0 Å². The molecule has 1 aromatic rings. The van der Waals surface area contributed by atoms with Gasteiger partial charge in [-0.3, -0.25) is 0 Å². The molecule has 118 valence electrons. The molecule has 3 atom stereocenters. The van der Waals surface area contributed by atoms with Gasteiger partial charge in [-0.05, 0) is 52.1 Å². The summed E-state index contributed by atoms with van der Waals surface area (Å²) in [7, 11) is 0. The van der Waals surface area contributed by atoms with Crippen molar-refractivity contribution in [2.24, 2.45) is 5.92 Å². The van der Waals surface area contributed by atoms with E-state index in [1.54, 1.807) is 0 Å². The van der Waals surface area contributed by atoms with Crippen LogP contribution in [0.3, 0.4) is 0 Å². The molecule has 3 unspecified atom stereocenters. The molecule has 1 N–H and O–H groups in total. The molecule has 0 radical (unpaired) electrons. The van der Waals surface area contributed by atoms with Crippen molar-refractivity contribution in [1.29, 1.82) is 0 Å². The Kier molecular flexibility index (Phi) is 4.79. The highest BCUT2D eigenvalue weighted by atomic mass is 16.5. The van der Waals surface area contributed by atoms with Gasteiger partial charge in [-0.15, -0.1) is 0 Å². The molecule has 1 aliphatic rings. The topological polar surface area (TPSA) is 21.3 Å². The summed E-state index contributed by atoms with van der Waals surface area (Å²) in [4.78, 5) is 0. The summed E-state index contributed by atoms with van der Waals surface area (Å²) in [6.45, 7) is 14.4. The van der Waals surface area contributed by atoms with Crippen molar-refractivity contribution in [3.8, 4) is 0 Å². The predicted molar refractivity (Wildman–Crippen MR) is 89.7 cm³/mol. The van der Waals surface area contributed by atoms with Crippen LogP contribution in [0.5, 0.6) is 0 Å². The molecule has 0 amide bonds.